The van der Waals surface area contributed by atoms with E-state index in [2.05, 4.69) is 4.99 Å². The molecule has 0 aliphatic carbocycles. The van der Waals surface area contributed by atoms with Crippen molar-refractivity contribution in [1.82, 2.24) is 0 Å². The third-order valence-electron chi connectivity index (χ3n) is 2.45. The molecule has 1 atom stereocenters. The highest BCUT2D eigenvalue weighted by molar-refractivity contribution is 5.74. The smallest absolute Gasteiger partial charge is 0.180 e. The molecule has 0 saturated heterocycles. The van der Waals surface area contributed by atoms with Gasteiger partial charge in [-0.05, 0) is 33.1 Å². The van der Waals surface area contributed by atoms with Crippen molar-refractivity contribution in [3.63, 3.8) is 0 Å². The molecule has 0 amide bonds. The van der Waals surface area contributed by atoms with Crippen molar-refractivity contribution in [1.29, 1.82) is 0 Å². The maximum atomic E-state index is 8.96. The van der Waals surface area contributed by atoms with Gasteiger partial charge in [-0.2, -0.15) is 0 Å². The SMILES string of the molecule is CC1=NCCO1.CCCOC(C)(C)O.CCCOC(O)CCC. The number of nitrogens with zero attached hydrogens (tertiary/aromatic N) is 1. The maximum absolute atomic E-state index is 8.96. The average Bonchev–Trinajstić information content (AvgIpc) is 2.95. The molecule has 1 aliphatic rings. The monoisotopic (exact) mass is 335 g/mol. The zero-order chi connectivity index (χ0) is 18.1. The Bertz CT molecular complexity index is 277. The lowest BCUT2D eigenvalue weighted by Gasteiger charge is -2.16. The summed E-state index contributed by atoms with van der Waals surface area (Å²) in [5.74, 6) is -0.120. The first-order valence-corrected chi connectivity index (χ1v) is 8.56. The zero-order valence-electron chi connectivity index (χ0n) is 15.8. The lowest BCUT2D eigenvalue weighted by atomic mass is 10.3. The average molecular weight is 335 g/mol. The van der Waals surface area contributed by atoms with Gasteiger partial charge in [0.15, 0.2) is 18.0 Å². The molecular formula is C17H37NO5. The Balaban J connectivity index is 0. The highest BCUT2D eigenvalue weighted by Gasteiger charge is 2.09. The Morgan fingerprint density at radius 3 is 2.04 bits per heavy atom. The summed E-state index contributed by atoms with van der Waals surface area (Å²) in [6, 6.07) is 0. The van der Waals surface area contributed by atoms with Crippen LogP contribution in [-0.2, 0) is 14.2 Å². The number of hydrogen-bond donors (Lipinski definition) is 2. The molecule has 0 spiro atoms. The van der Waals surface area contributed by atoms with Gasteiger partial charge in [-0.1, -0.05) is 27.2 Å². The molecule has 1 rings (SSSR count). The highest BCUT2D eigenvalue weighted by atomic mass is 16.6. The van der Waals surface area contributed by atoms with Gasteiger partial charge >= 0.3 is 0 Å². The number of aliphatic imine (C=N–C) groups is 1. The fourth-order valence-corrected chi connectivity index (χ4v) is 1.38. The molecule has 23 heavy (non-hydrogen) atoms. The number of rotatable bonds is 8. The van der Waals surface area contributed by atoms with Gasteiger partial charge < -0.3 is 24.4 Å². The van der Waals surface area contributed by atoms with Crippen molar-refractivity contribution in [3.8, 4) is 0 Å². The van der Waals surface area contributed by atoms with Gasteiger partial charge in [-0.25, -0.2) is 0 Å². The van der Waals surface area contributed by atoms with Crippen molar-refractivity contribution >= 4 is 5.90 Å². The first-order chi connectivity index (χ1) is 10.8. The summed E-state index contributed by atoms with van der Waals surface area (Å²) in [5.41, 5.74) is 0. The minimum absolute atomic E-state index is 0.532. The Labute approximate surface area is 141 Å². The van der Waals surface area contributed by atoms with Gasteiger partial charge in [-0.3, -0.25) is 4.99 Å². The van der Waals surface area contributed by atoms with E-state index in [1.54, 1.807) is 13.8 Å². The summed E-state index contributed by atoms with van der Waals surface area (Å²) in [5, 5.41) is 17.9. The number of hydrogen-bond acceptors (Lipinski definition) is 6. The molecule has 2 N–H and O–H groups in total. The van der Waals surface area contributed by atoms with Gasteiger partial charge in [0, 0.05) is 20.1 Å². The van der Waals surface area contributed by atoms with Crippen LogP contribution >= 0.6 is 0 Å². The Morgan fingerprint density at radius 2 is 1.78 bits per heavy atom. The Kier molecular flexibility index (Phi) is 17.3. The first kappa shape index (κ1) is 24.6. The standard InChI is InChI=1S/C7H16O2.C6H14O2.C4H7NO/c1-3-5-7(8)9-6-4-2;1-4-5-8-6(2,3)7;1-4-5-2-3-6-4/h7-8H,3-6H2,1-2H3;7H,4-5H2,1-3H3;2-3H2,1H3. The zero-order valence-corrected chi connectivity index (χ0v) is 15.8. The topological polar surface area (TPSA) is 80.5 Å². The van der Waals surface area contributed by atoms with E-state index in [9.17, 15) is 0 Å². The van der Waals surface area contributed by atoms with E-state index >= 15 is 0 Å². The number of aliphatic hydroxyl groups excluding tert-OH is 1. The second-order valence-electron chi connectivity index (χ2n) is 5.66. The largest absolute Gasteiger partial charge is 0.479 e. The van der Waals surface area contributed by atoms with Gasteiger partial charge in [0.1, 0.15) is 6.61 Å². The molecule has 1 aliphatic heterocycles. The van der Waals surface area contributed by atoms with Crippen LogP contribution < -0.4 is 0 Å². The second-order valence-corrected chi connectivity index (χ2v) is 5.66. The second kappa shape index (κ2) is 16.2. The van der Waals surface area contributed by atoms with Crippen LogP contribution in [0.25, 0.3) is 0 Å². The summed E-state index contributed by atoms with van der Waals surface area (Å²) in [6.07, 6.45) is 3.12. The summed E-state index contributed by atoms with van der Waals surface area (Å²) in [4.78, 5) is 3.93. The van der Waals surface area contributed by atoms with Crippen molar-refractivity contribution in [2.75, 3.05) is 26.4 Å². The molecule has 6 nitrogen and oxygen atoms in total. The quantitative estimate of drug-likeness (QED) is 0.666. The third-order valence-corrected chi connectivity index (χ3v) is 2.45. The first-order valence-electron chi connectivity index (χ1n) is 8.56. The molecular weight excluding hydrogens is 298 g/mol. The minimum Gasteiger partial charge on any atom is -0.479 e. The van der Waals surface area contributed by atoms with Crippen molar-refractivity contribution < 1.29 is 24.4 Å². The summed E-state index contributed by atoms with van der Waals surface area (Å²) < 4.78 is 14.8. The van der Waals surface area contributed by atoms with E-state index in [0.29, 0.717) is 13.2 Å². The van der Waals surface area contributed by atoms with E-state index < -0.39 is 12.1 Å². The Hall–Kier alpha value is -0.690. The molecule has 0 aromatic carbocycles. The van der Waals surface area contributed by atoms with Crippen LogP contribution in [0.2, 0.25) is 0 Å². The van der Waals surface area contributed by atoms with Crippen LogP contribution in [-0.4, -0.2) is 54.6 Å². The van der Waals surface area contributed by atoms with Crippen molar-refractivity contribution in [3.05, 3.63) is 0 Å². The van der Waals surface area contributed by atoms with Gasteiger partial charge in [-0.15, -0.1) is 0 Å². The predicted molar refractivity (Wildman–Crippen MR) is 93.6 cm³/mol. The van der Waals surface area contributed by atoms with E-state index in [0.717, 1.165) is 44.7 Å². The van der Waals surface area contributed by atoms with Gasteiger partial charge in [0.05, 0.1) is 6.54 Å². The van der Waals surface area contributed by atoms with Gasteiger partial charge in [0.2, 0.25) is 0 Å². The molecule has 0 aromatic rings. The lowest BCUT2D eigenvalue weighted by molar-refractivity contribution is -0.175. The minimum atomic E-state index is -0.948. The van der Waals surface area contributed by atoms with Crippen LogP contribution in [0, 0.1) is 0 Å². The normalized spacial score (nSPS) is 14.7. The van der Waals surface area contributed by atoms with E-state index in [-0.39, 0.29) is 0 Å². The van der Waals surface area contributed by atoms with E-state index in [1.165, 1.54) is 0 Å². The number of ether oxygens (including phenoxy) is 3. The molecule has 0 saturated carbocycles. The fourth-order valence-electron chi connectivity index (χ4n) is 1.38. The van der Waals surface area contributed by atoms with Crippen LogP contribution in [0.3, 0.4) is 0 Å². The third kappa shape index (κ3) is 23.7. The summed E-state index contributed by atoms with van der Waals surface area (Å²) >= 11 is 0. The molecule has 1 heterocycles. The van der Waals surface area contributed by atoms with E-state index in [1.807, 2.05) is 27.7 Å². The van der Waals surface area contributed by atoms with Gasteiger partial charge in [0.25, 0.3) is 0 Å². The van der Waals surface area contributed by atoms with Crippen LogP contribution in [0.4, 0.5) is 0 Å². The van der Waals surface area contributed by atoms with Crippen LogP contribution in [0.1, 0.15) is 67.2 Å². The number of aliphatic hydroxyl groups is 2. The molecule has 140 valence electrons. The lowest BCUT2D eigenvalue weighted by Crippen LogP contribution is -2.23. The summed E-state index contributed by atoms with van der Waals surface area (Å²) in [7, 11) is 0. The molecule has 0 bridgehead atoms. The van der Waals surface area contributed by atoms with Crippen molar-refractivity contribution in [2.24, 2.45) is 4.99 Å². The van der Waals surface area contributed by atoms with Crippen LogP contribution in [0.5, 0.6) is 0 Å². The molecule has 0 fully saturated rings. The fraction of sp³-hybridized carbons (Fsp3) is 0.941. The molecule has 6 heteroatoms. The van der Waals surface area contributed by atoms with Crippen LogP contribution in [0.15, 0.2) is 4.99 Å². The maximum Gasteiger partial charge on any atom is 0.180 e. The predicted octanol–water partition coefficient (Wildman–Crippen LogP) is 3.11. The highest BCUT2D eigenvalue weighted by Crippen LogP contribution is 2.02. The Morgan fingerprint density at radius 1 is 1.17 bits per heavy atom. The molecule has 1 unspecified atom stereocenters. The molecule has 0 aromatic heterocycles. The van der Waals surface area contributed by atoms with Crippen molar-refractivity contribution in [2.45, 2.75) is 79.3 Å². The van der Waals surface area contributed by atoms with E-state index in [4.69, 9.17) is 24.4 Å². The molecule has 0 radical (unpaired) electrons. The summed E-state index contributed by atoms with van der Waals surface area (Å²) in [6.45, 7) is 14.1.